The lowest BCUT2D eigenvalue weighted by Gasteiger charge is -2.19. The number of rotatable bonds is 5. The Labute approximate surface area is 173 Å². The molecule has 29 heavy (non-hydrogen) atoms. The zero-order valence-corrected chi connectivity index (χ0v) is 18.2. The lowest BCUT2D eigenvalue weighted by Crippen LogP contribution is -2.32. The van der Waals surface area contributed by atoms with Gasteiger partial charge in [-0.3, -0.25) is 15.1 Å². The molecule has 2 amide bonds. The predicted octanol–water partition coefficient (Wildman–Crippen LogP) is 4.51. The zero-order chi connectivity index (χ0) is 21.7. The van der Waals surface area contributed by atoms with E-state index < -0.39 is 23.4 Å². The molecule has 0 radical (unpaired) electrons. The SMILES string of the molecule is CC(C)(C)OC(=O)NOCc1ccc(-c2nc(NC(=O)OC(C)(C)C)cs2)cn1. The number of pyridine rings is 1. The molecular formula is C19H26N4O5S. The fraction of sp³-hybridized carbons (Fsp3) is 0.474. The number of carbonyl (C=O) groups is 2. The number of anilines is 1. The molecule has 0 aliphatic rings. The number of ether oxygens (including phenoxy) is 2. The van der Waals surface area contributed by atoms with Gasteiger partial charge in [-0.15, -0.1) is 11.3 Å². The first-order chi connectivity index (χ1) is 13.4. The van der Waals surface area contributed by atoms with Crippen LogP contribution in [0, 0.1) is 0 Å². The van der Waals surface area contributed by atoms with Gasteiger partial charge in [-0.05, 0) is 53.7 Å². The quantitative estimate of drug-likeness (QED) is 0.682. The fourth-order valence-electron chi connectivity index (χ4n) is 1.98. The molecule has 0 fully saturated rings. The molecule has 2 aromatic rings. The Morgan fingerprint density at radius 2 is 1.69 bits per heavy atom. The third-order valence-corrected chi connectivity index (χ3v) is 3.87. The maximum Gasteiger partial charge on any atom is 0.431 e. The molecule has 0 saturated heterocycles. The summed E-state index contributed by atoms with van der Waals surface area (Å²) in [4.78, 5) is 37.1. The van der Waals surface area contributed by atoms with Crippen LogP contribution in [0.15, 0.2) is 23.7 Å². The van der Waals surface area contributed by atoms with Gasteiger partial charge in [0.05, 0.1) is 5.69 Å². The molecule has 2 N–H and O–H groups in total. The van der Waals surface area contributed by atoms with Crippen molar-refractivity contribution in [2.24, 2.45) is 0 Å². The highest BCUT2D eigenvalue weighted by Gasteiger charge is 2.18. The summed E-state index contributed by atoms with van der Waals surface area (Å²) in [6, 6.07) is 3.59. The van der Waals surface area contributed by atoms with Crippen molar-refractivity contribution in [3.05, 3.63) is 29.4 Å². The lowest BCUT2D eigenvalue weighted by atomic mass is 10.2. The summed E-state index contributed by atoms with van der Waals surface area (Å²) in [7, 11) is 0. The van der Waals surface area contributed by atoms with Gasteiger partial charge in [0.15, 0.2) is 0 Å². The summed E-state index contributed by atoms with van der Waals surface area (Å²) in [6.07, 6.45) is 0.418. The molecule has 158 valence electrons. The van der Waals surface area contributed by atoms with Crippen LogP contribution in [0.4, 0.5) is 15.4 Å². The van der Waals surface area contributed by atoms with Crippen molar-refractivity contribution in [3.63, 3.8) is 0 Å². The van der Waals surface area contributed by atoms with E-state index in [1.54, 1.807) is 59.2 Å². The van der Waals surface area contributed by atoms with Crippen LogP contribution in [-0.4, -0.2) is 33.4 Å². The molecule has 0 aromatic carbocycles. The number of thiazole rings is 1. The summed E-state index contributed by atoms with van der Waals surface area (Å²) in [5.74, 6) is 0.410. The summed E-state index contributed by atoms with van der Waals surface area (Å²) in [6.45, 7) is 10.7. The molecule has 0 unspecified atom stereocenters. The fourth-order valence-corrected chi connectivity index (χ4v) is 2.72. The summed E-state index contributed by atoms with van der Waals surface area (Å²) in [5.41, 5.74) is 2.44. The van der Waals surface area contributed by atoms with Gasteiger partial charge in [-0.2, -0.15) is 5.48 Å². The van der Waals surface area contributed by atoms with Crippen LogP contribution in [0.3, 0.4) is 0 Å². The van der Waals surface area contributed by atoms with Crippen molar-refractivity contribution < 1.29 is 23.9 Å². The van der Waals surface area contributed by atoms with Crippen molar-refractivity contribution in [1.29, 1.82) is 0 Å². The van der Waals surface area contributed by atoms with E-state index in [0.717, 1.165) is 5.56 Å². The minimum Gasteiger partial charge on any atom is -0.444 e. The van der Waals surface area contributed by atoms with Crippen molar-refractivity contribution in [3.8, 4) is 10.6 Å². The van der Waals surface area contributed by atoms with E-state index in [-0.39, 0.29) is 6.61 Å². The van der Waals surface area contributed by atoms with Crippen molar-refractivity contribution in [1.82, 2.24) is 15.4 Å². The highest BCUT2D eigenvalue weighted by molar-refractivity contribution is 7.13. The summed E-state index contributed by atoms with van der Waals surface area (Å²) >= 11 is 1.37. The van der Waals surface area contributed by atoms with Crippen LogP contribution in [0.5, 0.6) is 0 Å². The van der Waals surface area contributed by atoms with Gasteiger partial charge in [0.2, 0.25) is 0 Å². The van der Waals surface area contributed by atoms with Gasteiger partial charge in [-0.1, -0.05) is 0 Å². The van der Waals surface area contributed by atoms with Crippen LogP contribution >= 0.6 is 11.3 Å². The second-order valence-electron chi connectivity index (χ2n) is 8.10. The van der Waals surface area contributed by atoms with E-state index in [1.807, 2.05) is 6.07 Å². The van der Waals surface area contributed by atoms with Crippen LogP contribution in [0.1, 0.15) is 47.2 Å². The Hall–Kier alpha value is -2.72. The largest absolute Gasteiger partial charge is 0.444 e. The van der Waals surface area contributed by atoms with Crippen LogP contribution < -0.4 is 10.8 Å². The number of nitrogens with zero attached hydrogens (tertiary/aromatic N) is 2. The second-order valence-corrected chi connectivity index (χ2v) is 8.95. The number of nitrogens with one attached hydrogen (secondary N) is 2. The number of hydroxylamine groups is 1. The highest BCUT2D eigenvalue weighted by atomic mass is 32.1. The molecule has 10 heteroatoms. The smallest absolute Gasteiger partial charge is 0.431 e. The first kappa shape index (κ1) is 22.6. The zero-order valence-electron chi connectivity index (χ0n) is 17.4. The third kappa shape index (κ3) is 8.44. The maximum absolute atomic E-state index is 11.8. The predicted molar refractivity (Wildman–Crippen MR) is 109 cm³/mol. The van der Waals surface area contributed by atoms with E-state index >= 15 is 0 Å². The Kier molecular flexibility index (Phi) is 7.15. The number of amides is 2. The van der Waals surface area contributed by atoms with Crippen LogP contribution in [0.2, 0.25) is 0 Å². The topological polar surface area (TPSA) is 112 Å². The minimum absolute atomic E-state index is 0.0862. The molecule has 0 spiro atoms. The van der Waals surface area contributed by atoms with Gasteiger partial charge < -0.3 is 9.47 Å². The summed E-state index contributed by atoms with van der Waals surface area (Å²) in [5, 5.41) is 5.02. The van der Waals surface area contributed by atoms with E-state index in [4.69, 9.17) is 14.3 Å². The molecule has 9 nitrogen and oxygen atoms in total. The minimum atomic E-state index is -0.665. The maximum atomic E-state index is 11.8. The van der Waals surface area contributed by atoms with Gasteiger partial charge in [0, 0.05) is 17.1 Å². The standard InChI is InChI=1S/C19H26N4O5S/c1-18(2,3)27-16(24)22-14-11-29-15(21-14)12-7-8-13(20-9-12)10-26-23-17(25)28-19(4,5)6/h7-9,11H,10H2,1-6H3,(H,22,24)(H,23,25). The first-order valence-corrected chi connectivity index (χ1v) is 9.81. The molecule has 0 aliphatic carbocycles. The number of hydrogen-bond donors (Lipinski definition) is 2. The molecule has 2 rings (SSSR count). The molecule has 2 aromatic heterocycles. The average Bonchev–Trinajstić information content (AvgIpc) is 3.00. The van der Waals surface area contributed by atoms with E-state index in [9.17, 15) is 9.59 Å². The van der Waals surface area contributed by atoms with E-state index in [1.165, 1.54) is 11.3 Å². The molecule has 0 atom stereocenters. The number of hydrogen-bond acceptors (Lipinski definition) is 8. The van der Waals surface area contributed by atoms with Crippen LogP contribution in [0.25, 0.3) is 10.6 Å². The van der Waals surface area contributed by atoms with Crippen molar-refractivity contribution >= 4 is 29.3 Å². The van der Waals surface area contributed by atoms with Gasteiger partial charge >= 0.3 is 12.2 Å². The van der Waals surface area contributed by atoms with Gasteiger partial charge in [0.25, 0.3) is 0 Å². The average molecular weight is 423 g/mol. The highest BCUT2D eigenvalue weighted by Crippen LogP contribution is 2.25. The molecule has 0 saturated carbocycles. The van der Waals surface area contributed by atoms with E-state index in [2.05, 4.69) is 20.8 Å². The molecule has 0 bridgehead atoms. The Bertz CT molecular complexity index is 838. The third-order valence-electron chi connectivity index (χ3n) is 2.98. The van der Waals surface area contributed by atoms with E-state index in [0.29, 0.717) is 16.5 Å². The second kappa shape index (κ2) is 9.19. The lowest BCUT2D eigenvalue weighted by molar-refractivity contribution is -0.0144. The van der Waals surface area contributed by atoms with Gasteiger partial charge in [-0.25, -0.2) is 14.6 Å². The Balaban J connectivity index is 1.86. The number of aromatic nitrogens is 2. The van der Waals surface area contributed by atoms with Gasteiger partial charge in [0.1, 0.15) is 28.6 Å². The molecule has 2 heterocycles. The van der Waals surface area contributed by atoms with Crippen molar-refractivity contribution in [2.75, 3.05) is 5.32 Å². The Morgan fingerprint density at radius 1 is 1.03 bits per heavy atom. The first-order valence-electron chi connectivity index (χ1n) is 8.93. The van der Waals surface area contributed by atoms with Crippen molar-refractivity contribution in [2.45, 2.75) is 59.4 Å². The summed E-state index contributed by atoms with van der Waals surface area (Å²) < 4.78 is 10.3. The number of carbonyl (C=O) groups excluding carboxylic acids is 2. The normalized spacial score (nSPS) is 11.7. The Morgan fingerprint density at radius 3 is 2.28 bits per heavy atom. The van der Waals surface area contributed by atoms with Crippen LogP contribution in [-0.2, 0) is 20.9 Å². The molecule has 0 aliphatic heterocycles. The monoisotopic (exact) mass is 422 g/mol. The molecular weight excluding hydrogens is 396 g/mol.